The van der Waals surface area contributed by atoms with Gasteiger partial charge < -0.3 is 29.6 Å². The number of hydrogen-bond acceptors (Lipinski definition) is 5. The van der Waals surface area contributed by atoms with Gasteiger partial charge in [-0.3, -0.25) is 0 Å². The lowest BCUT2D eigenvalue weighted by molar-refractivity contribution is 0.0378. The Morgan fingerprint density at radius 1 is 1.19 bits per heavy atom. The summed E-state index contributed by atoms with van der Waals surface area (Å²) in [6.45, 7) is 7.04. The second-order valence-electron chi connectivity index (χ2n) is 8.24. The van der Waals surface area contributed by atoms with E-state index in [1.807, 2.05) is 38.1 Å². The Labute approximate surface area is 208 Å². The monoisotopic (exact) mass is 557 g/mol. The van der Waals surface area contributed by atoms with Crippen LogP contribution in [0.5, 0.6) is 11.5 Å². The molecule has 7 nitrogen and oxygen atoms in total. The van der Waals surface area contributed by atoms with Crippen molar-refractivity contribution < 1.29 is 19.0 Å². The molecule has 0 radical (unpaired) electrons. The van der Waals surface area contributed by atoms with E-state index in [-0.39, 0.29) is 36.6 Å². The van der Waals surface area contributed by atoms with E-state index in [4.69, 9.17) is 13.9 Å². The molecule has 0 aliphatic heterocycles. The third-order valence-electron chi connectivity index (χ3n) is 5.46. The number of aliphatic imine (C=N–C) groups is 1. The molecule has 32 heavy (non-hydrogen) atoms. The van der Waals surface area contributed by atoms with Crippen LogP contribution in [0.4, 0.5) is 0 Å². The summed E-state index contributed by atoms with van der Waals surface area (Å²) in [5.74, 6) is 3.44. The third kappa shape index (κ3) is 7.30. The van der Waals surface area contributed by atoms with E-state index in [9.17, 15) is 5.11 Å². The summed E-state index contributed by atoms with van der Waals surface area (Å²) in [5.41, 5.74) is -0.119. The summed E-state index contributed by atoms with van der Waals surface area (Å²) < 4.78 is 17.2. The van der Waals surface area contributed by atoms with Crippen molar-refractivity contribution in [1.82, 2.24) is 10.6 Å². The molecule has 1 aromatic carbocycles. The predicted octanol–water partition coefficient (Wildman–Crippen LogP) is 4.50. The van der Waals surface area contributed by atoms with Gasteiger partial charge in [-0.25, -0.2) is 4.99 Å². The van der Waals surface area contributed by atoms with Crippen LogP contribution in [0.1, 0.15) is 56.6 Å². The third-order valence-corrected chi connectivity index (χ3v) is 5.46. The van der Waals surface area contributed by atoms with E-state index in [0.717, 1.165) is 35.7 Å². The number of ether oxygens (including phenoxy) is 2. The van der Waals surface area contributed by atoms with Crippen molar-refractivity contribution in [2.75, 3.05) is 20.2 Å². The quantitative estimate of drug-likeness (QED) is 0.239. The maximum Gasteiger partial charge on any atom is 0.191 e. The molecule has 2 aromatic rings. The predicted molar refractivity (Wildman–Crippen MR) is 137 cm³/mol. The molecule has 178 valence electrons. The topological polar surface area (TPSA) is 88.3 Å². The largest absolute Gasteiger partial charge is 0.493 e. The average Bonchev–Trinajstić information content (AvgIpc) is 3.42. The first-order chi connectivity index (χ1) is 14.9. The van der Waals surface area contributed by atoms with E-state index in [0.29, 0.717) is 24.8 Å². The average molecular weight is 557 g/mol. The van der Waals surface area contributed by atoms with Crippen LogP contribution in [-0.4, -0.2) is 37.4 Å². The first-order valence-corrected chi connectivity index (χ1v) is 11.1. The van der Waals surface area contributed by atoms with E-state index in [2.05, 4.69) is 15.6 Å². The van der Waals surface area contributed by atoms with Crippen molar-refractivity contribution in [2.24, 2.45) is 4.99 Å². The number of aliphatic hydroxyl groups is 1. The molecule has 1 aromatic heterocycles. The van der Waals surface area contributed by atoms with Crippen molar-refractivity contribution in [3.05, 3.63) is 47.4 Å². The summed E-state index contributed by atoms with van der Waals surface area (Å²) in [6, 6.07) is 9.57. The molecule has 3 N–H and O–H groups in total. The lowest BCUT2D eigenvalue weighted by Crippen LogP contribution is -2.44. The molecule has 1 heterocycles. The van der Waals surface area contributed by atoms with Crippen LogP contribution in [0.3, 0.4) is 0 Å². The van der Waals surface area contributed by atoms with E-state index in [1.165, 1.54) is 12.8 Å². The molecule has 1 aliphatic carbocycles. The standard InChI is InChI=1S/C24H35N3O4.HI/c1-5-25-23(27-16-24(3,28)22-13-10-17(2)30-22)26-15-18-11-12-20(29-4)21(14-18)31-19-8-6-7-9-19;/h10-14,19,28H,5-9,15-16H2,1-4H3,(H2,25,26,27);1H. The highest BCUT2D eigenvalue weighted by Gasteiger charge is 2.27. The molecule has 1 atom stereocenters. The number of guanidine groups is 1. The Morgan fingerprint density at radius 2 is 1.94 bits per heavy atom. The molecule has 0 amide bonds. The minimum Gasteiger partial charge on any atom is -0.493 e. The normalized spacial score (nSPS) is 16.2. The van der Waals surface area contributed by atoms with Crippen LogP contribution in [-0.2, 0) is 12.1 Å². The zero-order valence-corrected chi connectivity index (χ0v) is 21.8. The van der Waals surface area contributed by atoms with Crippen molar-refractivity contribution in [2.45, 2.75) is 64.7 Å². The second kappa shape index (κ2) is 12.3. The maximum atomic E-state index is 10.8. The fourth-order valence-electron chi connectivity index (χ4n) is 3.68. The molecule has 8 heteroatoms. The zero-order chi connectivity index (χ0) is 22.3. The first-order valence-electron chi connectivity index (χ1n) is 11.1. The molecule has 1 saturated carbocycles. The van der Waals surface area contributed by atoms with Crippen LogP contribution >= 0.6 is 24.0 Å². The highest BCUT2D eigenvalue weighted by Crippen LogP contribution is 2.32. The van der Waals surface area contributed by atoms with Crippen molar-refractivity contribution in [3.63, 3.8) is 0 Å². The number of rotatable bonds is 9. The van der Waals surface area contributed by atoms with Gasteiger partial charge in [0.05, 0.1) is 26.3 Å². The summed E-state index contributed by atoms with van der Waals surface area (Å²) in [4.78, 5) is 4.67. The lowest BCUT2D eigenvalue weighted by atomic mass is 10.0. The van der Waals surface area contributed by atoms with Crippen molar-refractivity contribution >= 4 is 29.9 Å². The number of furan rings is 1. The summed E-state index contributed by atoms with van der Waals surface area (Å²) in [6.07, 6.45) is 4.88. The van der Waals surface area contributed by atoms with Gasteiger partial charge >= 0.3 is 0 Å². The van der Waals surface area contributed by atoms with Crippen LogP contribution in [0.15, 0.2) is 39.7 Å². The summed E-state index contributed by atoms with van der Waals surface area (Å²) in [7, 11) is 1.66. The van der Waals surface area contributed by atoms with Crippen LogP contribution in [0, 0.1) is 6.92 Å². The van der Waals surface area contributed by atoms with Gasteiger partial charge in [-0.05, 0) is 76.3 Å². The molecule has 0 saturated heterocycles. The minimum absolute atomic E-state index is 0. The van der Waals surface area contributed by atoms with Gasteiger partial charge in [0.15, 0.2) is 17.5 Å². The Hall–Kier alpha value is -1.94. The van der Waals surface area contributed by atoms with Gasteiger partial charge in [-0.15, -0.1) is 24.0 Å². The molecule has 1 aliphatic rings. The molecule has 1 unspecified atom stereocenters. The van der Waals surface area contributed by atoms with Gasteiger partial charge in [-0.2, -0.15) is 0 Å². The lowest BCUT2D eigenvalue weighted by Gasteiger charge is -2.23. The number of nitrogens with zero attached hydrogens (tertiary/aromatic N) is 1. The van der Waals surface area contributed by atoms with Crippen molar-refractivity contribution in [3.8, 4) is 11.5 Å². The molecule has 0 spiro atoms. The fraction of sp³-hybridized carbons (Fsp3) is 0.542. The Bertz CT molecular complexity index is 876. The van der Waals surface area contributed by atoms with Crippen LogP contribution < -0.4 is 20.1 Å². The van der Waals surface area contributed by atoms with E-state index in [1.54, 1.807) is 20.1 Å². The SMILES string of the molecule is CCNC(=NCc1ccc(OC)c(OC2CCCC2)c1)NCC(C)(O)c1ccc(C)o1.I. The molecular weight excluding hydrogens is 521 g/mol. The molecule has 0 bridgehead atoms. The summed E-state index contributed by atoms with van der Waals surface area (Å²) in [5, 5.41) is 17.2. The molecular formula is C24H36IN3O4. The van der Waals surface area contributed by atoms with E-state index < -0.39 is 5.60 Å². The summed E-state index contributed by atoms with van der Waals surface area (Å²) >= 11 is 0. The van der Waals surface area contributed by atoms with Gasteiger partial charge in [0.25, 0.3) is 0 Å². The van der Waals surface area contributed by atoms with Crippen LogP contribution in [0.25, 0.3) is 0 Å². The number of halogens is 1. The molecule has 3 rings (SSSR count). The number of aryl methyl sites for hydroxylation is 1. The second-order valence-corrected chi connectivity index (χ2v) is 8.24. The zero-order valence-electron chi connectivity index (χ0n) is 19.4. The van der Waals surface area contributed by atoms with Crippen molar-refractivity contribution in [1.29, 1.82) is 0 Å². The number of methoxy groups -OCH3 is 1. The van der Waals surface area contributed by atoms with Gasteiger partial charge in [0, 0.05) is 6.54 Å². The highest BCUT2D eigenvalue weighted by atomic mass is 127. The highest BCUT2D eigenvalue weighted by molar-refractivity contribution is 14.0. The number of nitrogens with one attached hydrogen (secondary N) is 2. The smallest absolute Gasteiger partial charge is 0.191 e. The fourth-order valence-corrected chi connectivity index (χ4v) is 3.68. The number of hydrogen-bond donors (Lipinski definition) is 3. The minimum atomic E-state index is -1.15. The van der Waals surface area contributed by atoms with Gasteiger partial charge in [0.2, 0.25) is 0 Å². The Morgan fingerprint density at radius 3 is 2.56 bits per heavy atom. The van der Waals surface area contributed by atoms with Gasteiger partial charge in [0.1, 0.15) is 17.1 Å². The Balaban J connectivity index is 0.00000363. The number of benzene rings is 1. The first kappa shape index (κ1) is 26.3. The van der Waals surface area contributed by atoms with Crippen LogP contribution in [0.2, 0.25) is 0 Å². The van der Waals surface area contributed by atoms with Gasteiger partial charge in [-0.1, -0.05) is 6.07 Å². The Kier molecular flexibility index (Phi) is 10.1. The van der Waals surface area contributed by atoms with E-state index >= 15 is 0 Å². The maximum absolute atomic E-state index is 10.8. The molecule has 1 fully saturated rings.